The molecule has 0 bridgehead atoms. The van der Waals surface area contributed by atoms with Crippen LogP contribution in [0.4, 0.5) is 0 Å². The van der Waals surface area contributed by atoms with Crippen molar-refractivity contribution in [2.45, 2.75) is 31.8 Å². The predicted molar refractivity (Wildman–Crippen MR) is 87.5 cm³/mol. The van der Waals surface area contributed by atoms with E-state index in [4.69, 9.17) is 14.0 Å². The van der Waals surface area contributed by atoms with Crippen molar-refractivity contribution in [3.63, 3.8) is 0 Å². The first-order chi connectivity index (χ1) is 11.9. The fourth-order valence-electron chi connectivity index (χ4n) is 2.84. The van der Waals surface area contributed by atoms with Crippen molar-refractivity contribution in [3.05, 3.63) is 30.3 Å². The zero-order valence-corrected chi connectivity index (χ0v) is 13.4. The van der Waals surface area contributed by atoms with E-state index in [2.05, 4.69) is 20.1 Å². The molecular weight excluding hydrogens is 308 g/mol. The Bertz CT molecular complexity index is 792. The van der Waals surface area contributed by atoms with Crippen LogP contribution >= 0.6 is 0 Å². The molecule has 7 nitrogen and oxygen atoms in total. The molecule has 0 aliphatic carbocycles. The van der Waals surface area contributed by atoms with Gasteiger partial charge in [-0.05, 0) is 37.5 Å². The number of nitrogens with one attached hydrogen (secondary N) is 1. The number of pyridine rings is 1. The van der Waals surface area contributed by atoms with Gasteiger partial charge in [0.25, 0.3) is 0 Å². The molecule has 1 N–H and O–H groups in total. The van der Waals surface area contributed by atoms with Gasteiger partial charge in [0, 0.05) is 32.4 Å². The molecule has 0 aromatic carbocycles. The van der Waals surface area contributed by atoms with Gasteiger partial charge < -0.3 is 19.0 Å². The molecule has 0 spiro atoms. The lowest BCUT2D eigenvalue weighted by Gasteiger charge is -2.22. The fourth-order valence-corrected chi connectivity index (χ4v) is 2.84. The van der Waals surface area contributed by atoms with E-state index >= 15 is 0 Å². The molecule has 0 amide bonds. The van der Waals surface area contributed by atoms with Crippen molar-refractivity contribution in [2.24, 2.45) is 0 Å². The summed E-state index contributed by atoms with van der Waals surface area (Å²) in [5.41, 5.74) is 2.60. The second-order valence-corrected chi connectivity index (χ2v) is 5.90. The lowest BCUT2D eigenvalue weighted by atomic mass is 10.1. The Kier molecular flexibility index (Phi) is 4.53. The highest BCUT2D eigenvalue weighted by Crippen LogP contribution is 2.18. The van der Waals surface area contributed by atoms with Gasteiger partial charge in [-0.15, -0.1) is 0 Å². The maximum Gasteiger partial charge on any atom is 0.227 e. The summed E-state index contributed by atoms with van der Waals surface area (Å²) in [5, 5.41) is 4.03. The third-order valence-corrected chi connectivity index (χ3v) is 4.16. The van der Waals surface area contributed by atoms with E-state index in [9.17, 15) is 0 Å². The molecule has 0 saturated carbocycles. The molecule has 1 aliphatic rings. The van der Waals surface area contributed by atoms with Crippen LogP contribution in [0.5, 0.6) is 0 Å². The minimum absolute atomic E-state index is 0.328. The number of hydrogen-bond donors (Lipinski definition) is 1. The first kappa shape index (κ1) is 15.3. The zero-order chi connectivity index (χ0) is 16.2. The summed E-state index contributed by atoms with van der Waals surface area (Å²) in [6.45, 7) is 2.31. The number of rotatable bonds is 6. The van der Waals surface area contributed by atoms with Crippen molar-refractivity contribution < 1.29 is 14.0 Å². The highest BCUT2D eigenvalue weighted by Gasteiger charge is 2.14. The second kappa shape index (κ2) is 7.11. The lowest BCUT2D eigenvalue weighted by Crippen LogP contribution is -2.23. The van der Waals surface area contributed by atoms with Crippen LogP contribution in [0.15, 0.2) is 28.9 Å². The number of aryl methyl sites for hydroxylation is 1. The molecule has 1 saturated heterocycles. The van der Waals surface area contributed by atoms with Crippen LogP contribution in [0.25, 0.3) is 22.6 Å². The van der Waals surface area contributed by atoms with Crippen LogP contribution in [0.1, 0.15) is 25.2 Å². The monoisotopic (exact) mass is 328 g/mol. The van der Waals surface area contributed by atoms with E-state index < -0.39 is 0 Å². The molecule has 7 heteroatoms. The number of aromatic nitrogens is 4. The van der Waals surface area contributed by atoms with Crippen molar-refractivity contribution in [1.29, 1.82) is 0 Å². The Labute approximate surface area is 139 Å². The summed E-state index contributed by atoms with van der Waals surface area (Å²) in [4.78, 5) is 12.1. The minimum atomic E-state index is 0.328. The van der Waals surface area contributed by atoms with Crippen LogP contribution in [0, 0.1) is 0 Å². The summed E-state index contributed by atoms with van der Waals surface area (Å²) in [6, 6.07) is 5.78. The molecule has 3 aromatic rings. The second-order valence-electron chi connectivity index (χ2n) is 5.90. The summed E-state index contributed by atoms with van der Waals surface area (Å²) >= 11 is 0. The maximum atomic E-state index is 5.85. The number of aromatic amines is 1. The number of H-pyrrole nitrogens is 1. The lowest BCUT2D eigenvalue weighted by molar-refractivity contribution is -0.0325. The van der Waals surface area contributed by atoms with Gasteiger partial charge in [-0.25, -0.2) is 4.98 Å². The van der Waals surface area contributed by atoms with Crippen LogP contribution in [-0.4, -0.2) is 46.0 Å². The van der Waals surface area contributed by atoms with E-state index in [0.29, 0.717) is 30.8 Å². The van der Waals surface area contributed by atoms with Gasteiger partial charge >= 0.3 is 0 Å². The zero-order valence-electron chi connectivity index (χ0n) is 13.4. The third kappa shape index (κ3) is 3.47. The highest BCUT2D eigenvalue weighted by atomic mass is 16.5. The van der Waals surface area contributed by atoms with Crippen molar-refractivity contribution in [2.75, 3.05) is 19.8 Å². The molecule has 0 atom stereocenters. The largest absolute Gasteiger partial charge is 0.381 e. The normalized spacial score (nSPS) is 16.0. The van der Waals surface area contributed by atoms with Crippen LogP contribution < -0.4 is 0 Å². The molecule has 24 heavy (non-hydrogen) atoms. The number of fused-ring (bicyclic) bond motifs is 1. The van der Waals surface area contributed by atoms with E-state index in [0.717, 1.165) is 49.2 Å². The molecule has 0 unspecified atom stereocenters. The van der Waals surface area contributed by atoms with E-state index in [1.54, 1.807) is 0 Å². The van der Waals surface area contributed by atoms with Crippen LogP contribution in [0.3, 0.4) is 0 Å². The smallest absolute Gasteiger partial charge is 0.227 e. The quantitative estimate of drug-likeness (QED) is 0.700. The number of ether oxygens (including phenoxy) is 2. The average molecular weight is 328 g/mol. The van der Waals surface area contributed by atoms with Gasteiger partial charge in [0.1, 0.15) is 5.69 Å². The summed E-state index contributed by atoms with van der Waals surface area (Å²) in [7, 11) is 0. The Morgan fingerprint density at radius 2 is 2.08 bits per heavy atom. The van der Waals surface area contributed by atoms with Crippen molar-refractivity contribution in [3.8, 4) is 11.5 Å². The Morgan fingerprint density at radius 3 is 3.00 bits per heavy atom. The van der Waals surface area contributed by atoms with E-state index in [-0.39, 0.29) is 0 Å². The molecule has 1 fully saturated rings. The van der Waals surface area contributed by atoms with Gasteiger partial charge in [0.05, 0.1) is 17.1 Å². The van der Waals surface area contributed by atoms with Crippen LogP contribution in [-0.2, 0) is 15.9 Å². The number of hydrogen-bond acceptors (Lipinski definition) is 6. The Hall–Kier alpha value is -2.25. The van der Waals surface area contributed by atoms with Crippen molar-refractivity contribution >= 4 is 11.0 Å². The Morgan fingerprint density at radius 1 is 1.17 bits per heavy atom. The van der Waals surface area contributed by atoms with E-state index in [1.165, 1.54) is 0 Å². The molecule has 4 rings (SSSR count). The van der Waals surface area contributed by atoms with Gasteiger partial charge in [0.15, 0.2) is 0 Å². The first-order valence-corrected chi connectivity index (χ1v) is 8.35. The number of nitrogens with zero attached hydrogens (tertiary/aromatic N) is 3. The first-order valence-electron chi connectivity index (χ1n) is 8.35. The maximum absolute atomic E-state index is 5.85. The molecule has 1 aliphatic heterocycles. The third-order valence-electron chi connectivity index (χ3n) is 4.16. The van der Waals surface area contributed by atoms with Gasteiger partial charge in [-0.3, -0.25) is 0 Å². The Balaban J connectivity index is 1.31. The molecular formula is C17H20N4O3. The summed E-state index contributed by atoms with van der Waals surface area (Å²) < 4.78 is 16.5. The molecule has 126 valence electrons. The van der Waals surface area contributed by atoms with Gasteiger partial charge in [-0.2, -0.15) is 4.98 Å². The molecule has 0 radical (unpaired) electrons. The molecule has 3 aromatic heterocycles. The van der Waals surface area contributed by atoms with Gasteiger partial charge in [0.2, 0.25) is 11.7 Å². The van der Waals surface area contributed by atoms with Gasteiger partial charge in [-0.1, -0.05) is 5.16 Å². The van der Waals surface area contributed by atoms with Crippen molar-refractivity contribution in [1.82, 2.24) is 20.1 Å². The van der Waals surface area contributed by atoms with E-state index in [1.807, 2.05) is 24.4 Å². The van der Waals surface area contributed by atoms with Crippen LogP contribution in [0.2, 0.25) is 0 Å². The molecule has 4 heterocycles. The highest BCUT2D eigenvalue weighted by molar-refractivity contribution is 5.77. The fraction of sp³-hybridized carbons (Fsp3) is 0.471. The predicted octanol–water partition coefficient (Wildman–Crippen LogP) is 2.74. The minimum Gasteiger partial charge on any atom is -0.381 e. The summed E-state index contributed by atoms with van der Waals surface area (Å²) in [6.07, 6.45) is 5.73. The SMILES string of the molecule is c1cc2nc(-c3noc(CCCOC4CCOCC4)n3)ccc2[nH]1. The topological polar surface area (TPSA) is 86.1 Å². The average Bonchev–Trinajstić information content (AvgIpc) is 3.28. The summed E-state index contributed by atoms with van der Waals surface area (Å²) in [5.74, 6) is 1.15. The standard InChI is InChI=1S/C17H20N4O3/c1(9-23-12-6-10-22-11-7-12)2-16-20-17(21-24-16)15-4-3-13-14(19-15)5-8-18-13/h3-5,8,12,18H,1-2,6-7,9-11H2.